The van der Waals surface area contributed by atoms with Gasteiger partial charge in [-0.05, 0) is 43.9 Å². The molecule has 4 heterocycles. The molecule has 6 heteroatoms. The summed E-state index contributed by atoms with van der Waals surface area (Å²) in [6, 6.07) is 5.57. The number of hydrogen-bond acceptors (Lipinski definition) is 4. The van der Waals surface area contributed by atoms with E-state index >= 15 is 0 Å². The fourth-order valence-corrected chi connectivity index (χ4v) is 4.50. The number of likely N-dealkylation sites (tertiary alicyclic amines) is 2. The fraction of sp³-hybridized carbons (Fsp3) is 0.450. The van der Waals surface area contributed by atoms with Gasteiger partial charge in [0.05, 0.1) is 17.7 Å². The molecule has 0 saturated carbocycles. The van der Waals surface area contributed by atoms with Crippen molar-refractivity contribution in [3.05, 3.63) is 54.2 Å². The molecule has 2 saturated heterocycles. The van der Waals surface area contributed by atoms with Gasteiger partial charge in [-0.15, -0.1) is 0 Å². The van der Waals surface area contributed by atoms with E-state index in [1.54, 1.807) is 18.5 Å². The second-order valence-electron chi connectivity index (χ2n) is 7.15. The summed E-state index contributed by atoms with van der Waals surface area (Å²) in [5.74, 6) is 0.0691. The van der Waals surface area contributed by atoms with Crippen molar-refractivity contribution in [3.63, 3.8) is 0 Å². The van der Waals surface area contributed by atoms with Gasteiger partial charge in [-0.1, -0.05) is 6.07 Å². The first-order valence-electron chi connectivity index (χ1n) is 9.17. The average Bonchev–Trinajstić information content (AvgIpc) is 3.30. The summed E-state index contributed by atoms with van der Waals surface area (Å²) in [7, 11) is 0. The lowest BCUT2D eigenvalue weighted by Crippen LogP contribution is -2.54. The molecule has 1 spiro atoms. The van der Waals surface area contributed by atoms with Crippen molar-refractivity contribution >= 4 is 11.8 Å². The minimum Gasteiger partial charge on any atom is -0.472 e. The number of likely N-dealkylation sites (N-methyl/N-ethyl adjacent to an activating group) is 1. The molecular formula is C20H23N3O3. The zero-order chi connectivity index (χ0) is 18.1. The lowest BCUT2D eigenvalue weighted by Gasteiger charge is -2.44. The van der Waals surface area contributed by atoms with Crippen LogP contribution in [0.5, 0.6) is 0 Å². The molecule has 4 rings (SSSR count). The molecule has 1 atom stereocenters. The first-order valence-corrected chi connectivity index (χ1v) is 9.17. The van der Waals surface area contributed by atoms with E-state index in [0.717, 1.165) is 24.8 Å². The summed E-state index contributed by atoms with van der Waals surface area (Å²) in [5.41, 5.74) is 1.42. The molecule has 6 nitrogen and oxygen atoms in total. The van der Waals surface area contributed by atoms with Gasteiger partial charge in [0, 0.05) is 37.6 Å². The number of aromatic nitrogens is 1. The molecule has 0 N–H and O–H groups in total. The predicted octanol–water partition coefficient (Wildman–Crippen LogP) is 2.69. The normalized spacial score (nSPS) is 22.2. The van der Waals surface area contributed by atoms with E-state index in [9.17, 15) is 9.59 Å². The molecular weight excluding hydrogens is 330 g/mol. The Labute approximate surface area is 152 Å². The van der Waals surface area contributed by atoms with Crippen LogP contribution in [0.4, 0.5) is 0 Å². The van der Waals surface area contributed by atoms with Crippen LogP contribution in [0.2, 0.25) is 0 Å². The maximum absolute atomic E-state index is 13.0. The van der Waals surface area contributed by atoms with Crippen LogP contribution in [0.1, 0.15) is 48.0 Å². The largest absolute Gasteiger partial charge is 0.472 e. The van der Waals surface area contributed by atoms with Gasteiger partial charge in [0.2, 0.25) is 5.91 Å². The zero-order valence-electron chi connectivity index (χ0n) is 14.9. The monoisotopic (exact) mass is 353 g/mol. The number of nitrogens with zero attached hydrogens (tertiary/aromatic N) is 3. The van der Waals surface area contributed by atoms with Gasteiger partial charge in [-0.3, -0.25) is 14.6 Å². The molecule has 136 valence electrons. The third-order valence-electron chi connectivity index (χ3n) is 5.87. The molecule has 0 aliphatic carbocycles. The second-order valence-corrected chi connectivity index (χ2v) is 7.15. The molecule has 1 unspecified atom stereocenters. The Hall–Kier alpha value is -2.63. The Balaban J connectivity index is 1.52. The van der Waals surface area contributed by atoms with Gasteiger partial charge in [0.25, 0.3) is 5.91 Å². The van der Waals surface area contributed by atoms with Gasteiger partial charge in [0.15, 0.2) is 0 Å². The number of furan rings is 1. The topological polar surface area (TPSA) is 66.7 Å². The van der Waals surface area contributed by atoms with E-state index in [2.05, 4.69) is 4.98 Å². The summed E-state index contributed by atoms with van der Waals surface area (Å²) in [6.45, 7) is 4.06. The van der Waals surface area contributed by atoms with Crippen LogP contribution in [0.15, 0.2) is 47.5 Å². The molecule has 0 radical (unpaired) electrons. The molecule has 2 aliphatic rings. The number of piperidine rings is 1. The van der Waals surface area contributed by atoms with Gasteiger partial charge < -0.3 is 14.2 Å². The van der Waals surface area contributed by atoms with Gasteiger partial charge in [-0.25, -0.2) is 0 Å². The Morgan fingerprint density at radius 3 is 2.77 bits per heavy atom. The van der Waals surface area contributed by atoms with Crippen molar-refractivity contribution in [1.82, 2.24) is 14.8 Å². The molecule has 26 heavy (non-hydrogen) atoms. The van der Waals surface area contributed by atoms with Crippen LogP contribution >= 0.6 is 0 Å². The Morgan fingerprint density at radius 2 is 2.15 bits per heavy atom. The van der Waals surface area contributed by atoms with Crippen LogP contribution < -0.4 is 0 Å². The SMILES string of the molecule is CCN1C(=O)C(c2cccnc2)CC12CCN(C(=O)c1ccoc1)CC2. The van der Waals surface area contributed by atoms with E-state index in [1.165, 1.54) is 12.5 Å². The minimum absolute atomic E-state index is 0.00443. The molecule has 2 aliphatic heterocycles. The first kappa shape index (κ1) is 16.8. The van der Waals surface area contributed by atoms with E-state index in [-0.39, 0.29) is 23.3 Å². The van der Waals surface area contributed by atoms with E-state index in [1.807, 2.05) is 28.9 Å². The summed E-state index contributed by atoms with van der Waals surface area (Å²) in [5, 5.41) is 0. The summed E-state index contributed by atoms with van der Waals surface area (Å²) in [6.07, 6.45) is 8.97. The van der Waals surface area contributed by atoms with Crippen LogP contribution in [0.3, 0.4) is 0 Å². The highest BCUT2D eigenvalue weighted by molar-refractivity contribution is 5.94. The van der Waals surface area contributed by atoms with Crippen molar-refractivity contribution in [3.8, 4) is 0 Å². The Morgan fingerprint density at radius 1 is 1.35 bits per heavy atom. The average molecular weight is 353 g/mol. The molecule has 2 amide bonds. The smallest absolute Gasteiger partial charge is 0.257 e. The number of carbonyl (C=O) groups excluding carboxylic acids is 2. The summed E-state index contributed by atoms with van der Waals surface area (Å²) in [4.78, 5) is 33.6. The van der Waals surface area contributed by atoms with Gasteiger partial charge in [-0.2, -0.15) is 0 Å². The first-order chi connectivity index (χ1) is 12.6. The highest BCUT2D eigenvalue weighted by Crippen LogP contribution is 2.45. The molecule has 2 fully saturated rings. The zero-order valence-corrected chi connectivity index (χ0v) is 14.9. The maximum Gasteiger partial charge on any atom is 0.257 e. The van der Waals surface area contributed by atoms with Crippen molar-refractivity contribution in [1.29, 1.82) is 0 Å². The highest BCUT2D eigenvalue weighted by atomic mass is 16.3. The molecule has 2 aromatic rings. The number of hydrogen-bond donors (Lipinski definition) is 0. The lowest BCUT2D eigenvalue weighted by atomic mass is 9.81. The third kappa shape index (κ3) is 2.69. The summed E-state index contributed by atoms with van der Waals surface area (Å²) >= 11 is 0. The second kappa shape index (κ2) is 6.59. The number of pyridine rings is 1. The van der Waals surface area contributed by atoms with Crippen LogP contribution in [0, 0.1) is 0 Å². The quantitative estimate of drug-likeness (QED) is 0.851. The number of amides is 2. The lowest BCUT2D eigenvalue weighted by molar-refractivity contribution is -0.133. The highest BCUT2D eigenvalue weighted by Gasteiger charge is 2.51. The van der Waals surface area contributed by atoms with Crippen molar-refractivity contribution in [2.45, 2.75) is 37.6 Å². The van der Waals surface area contributed by atoms with Crippen molar-refractivity contribution in [2.24, 2.45) is 0 Å². The predicted molar refractivity (Wildman–Crippen MR) is 95.6 cm³/mol. The van der Waals surface area contributed by atoms with Crippen molar-refractivity contribution in [2.75, 3.05) is 19.6 Å². The molecule has 2 aromatic heterocycles. The van der Waals surface area contributed by atoms with Crippen molar-refractivity contribution < 1.29 is 14.0 Å². The van der Waals surface area contributed by atoms with E-state index < -0.39 is 0 Å². The maximum atomic E-state index is 13.0. The Bertz CT molecular complexity index is 780. The Kier molecular flexibility index (Phi) is 4.26. The molecule has 0 aromatic carbocycles. The van der Waals surface area contributed by atoms with E-state index in [4.69, 9.17) is 4.42 Å². The summed E-state index contributed by atoms with van der Waals surface area (Å²) < 4.78 is 5.03. The van der Waals surface area contributed by atoms with Gasteiger partial charge >= 0.3 is 0 Å². The van der Waals surface area contributed by atoms with Crippen LogP contribution in [-0.4, -0.2) is 51.8 Å². The number of rotatable bonds is 3. The van der Waals surface area contributed by atoms with Crippen LogP contribution in [-0.2, 0) is 4.79 Å². The standard InChI is InChI=1S/C20H23N3O3/c1-2-23-19(25)17(15-4-3-8-21-13-15)12-20(23)6-9-22(10-7-20)18(24)16-5-11-26-14-16/h3-5,8,11,13-14,17H,2,6-7,9-10,12H2,1H3. The minimum atomic E-state index is -0.153. The van der Waals surface area contributed by atoms with Gasteiger partial charge in [0.1, 0.15) is 6.26 Å². The fourth-order valence-electron chi connectivity index (χ4n) is 4.50. The molecule has 0 bridgehead atoms. The third-order valence-corrected chi connectivity index (χ3v) is 5.87. The van der Waals surface area contributed by atoms with Crippen LogP contribution in [0.25, 0.3) is 0 Å². The van der Waals surface area contributed by atoms with E-state index in [0.29, 0.717) is 25.2 Å². The number of carbonyl (C=O) groups is 2.